The van der Waals surface area contributed by atoms with Gasteiger partial charge in [-0.3, -0.25) is 4.72 Å². The average molecular weight is 603 g/mol. The minimum absolute atomic E-state index is 0.214. The number of hydrogen-bond acceptors (Lipinski definition) is 9. The van der Waals surface area contributed by atoms with Gasteiger partial charge in [-0.1, -0.05) is 0 Å². The van der Waals surface area contributed by atoms with Crippen LogP contribution in [0.2, 0.25) is 0 Å². The molecule has 2 aromatic heterocycles. The van der Waals surface area contributed by atoms with Gasteiger partial charge in [-0.25, -0.2) is 22.2 Å². The zero-order valence-electron chi connectivity index (χ0n) is 23.8. The second-order valence-electron chi connectivity index (χ2n) is 12.0. The molecule has 13 heteroatoms. The van der Waals surface area contributed by atoms with Crippen LogP contribution in [0.25, 0.3) is 22.9 Å². The Bertz CT molecular complexity index is 1560. The number of benzene rings is 1. The molecule has 0 unspecified atom stereocenters. The number of piperidine rings is 2. The number of nitrogens with zero attached hydrogens (tertiary/aromatic N) is 5. The molecule has 2 N–H and O–H groups in total. The molecule has 2 aliphatic heterocycles. The summed E-state index contributed by atoms with van der Waals surface area (Å²) in [5, 5.41) is 17.1. The molecular weight excluding hydrogens is 566 g/mol. The van der Waals surface area contributed by atoms with Gasteiger partial charge >= 0.3 is 0 Å². The van der Waals surface area contributed by atoms with E-state index < -0.39 is 27.8 Å². The molecule has 0 bridgehead atoms. The molecule has 4 heterocycles. The standard InChI is InChI=1S/C29H36F2N6O4S/c1-19-15-21(16-25(32-19)37-13-9-29(30,31)10-14-37)26-33-34-27(41-26)23-4-3-22(35-42(39,40)20(2)18-38)17-24(23)36-11-7-28(5-6-28)8-12-36/h3-4,15-17,20,35,38H,5-14,18H2,1-2H3/t20-/m0/s1. The smallest absolute Gasteiger partial charge is 0.251 e. The molecule has 10 nitrogen and oxygen atoms in total. The summed E-state index contributed by atoms with van der Waals surface area (Å²) < 4.78 is 61.5. The number of sulfonamides is 1. The quantitative estimate of drug-likeness (QED) is 0.372. The average Bonchev–Trinajstić information content (AvgIpc) is 3.52. The molecule has 1 atom stereocenters. The summed E-state index contributed by atoms with van der Waals surface area (Å²) in [6.07, 6.45) is 4.23. The molecule has 3 aliphatic rings. The molecule has 2 saturated heterocycles. The molecule has 1 aromatic carbocycles. The number of rotatable bonds is 8. The van der Waals surface area contributed by atoms with Crippen molar-refractivity contribution >= 4 is 27.2 Å². The fourth-order valence-corrected chi connectivity index (χ4v) is 6.60. The molecule has 1 saturated carbocycles. The van der Waals surface area contributed by atoms with E-state index in [1.165, 1.54) is 19.8 Å². The van der Waals surface area contributed by atoms with Crippen LogP contribution in [-0.2, 0) is 10.0 Å². The van der Waals surface area contributed by atoms with Gasteiger partial charge in [0.15, 0.2) is 0 Å². The second-order valence-corrected chi connectivity index (χ2v) is 14.1. The normalized spacial score (nSPS) is 20.5. The van der Waals surface area contributed by atoms with Gasteiger partial charge in [-0.15, -0.1) is 10.2 Å². The number of aliphatic hydroxyl groups excluding tert-OH is 1. The molecule has 42 heavy (non-hydrogen) atoms. The van der Waals surface area contributed by atoms with Crippen molar-refractivity contribution < 1.29 is 26.7 Å². The van der Waals surface area contributed by atoms with E-state index >= 15 is 0 Å². The summed E-state index contributed by atoms with van der Waals surface area (Å²) in [5.74, 6) is -1.49. The molecule has 0 radical (unpaired) electrons. The third-order valence-corrected chi connectivity index (χ3v) is 10.6. The van der Waals surface area contributed by atoms with Crippen molar-refractivity contribution in [2.45, 2.75) is 63.5 Å². The largest absolute Gasteiger partial charge is 0.416 e. The highest BCUT2D eigenvalue weighted by Gasteiger charge is 2.44. The van der Waals surface area contributed by atoms with Crippen molar-refractivity contribution in [3.05, 3.63) is 36.0 Å². The topological polar surface area (TPSA) is 125 Å². The van der Waals surface area contributed by atoms with E-state index in [0.717, 1.165) is 31.6 Å². The Morgan fingerprint density at radius 2 is 1.64 bits per heavy atom. The van der Waals surface area contributed by atoms with Crippen LogP contribution in [0.15, 0.2) is 34.7 Å². The van der Waals surface area contributed by atoms with Gasteiger partial charge in [0.05, 0.1) is 23.5 Å². The monoisotopic (exact) mass is 602 g/mol. The molecule has 3 aromatic rings. The van der Waals surface area contributed by atoms with Crippen LogP contribution >= 0.6 is 0 Å². The first-order valence-corrected chi connectivity index (χ1v) is 16.0. The van der Waals surface area contributed by atoms with Crippen LogP contribution in [0, 0.1) is 12.3 Å². The van der Waals surface area contributed by atoms with Crippen molar-refractivity contribution in [3.8, 4) is 22.9 Å². The highest BCUT2D eigenvalue weighted by molar-refractivity contribution is 7.93. The molecule has 6 rings (SSSR count). The van der Waals surface area contributed by atoms with E-state index in [2.05, 4.69) is 24.8 Å². The number of halogens is 2. The van der Waals surface area contributed by atoms with Gasteiger partial charge in [-0.2, -0.15) is 0 Å². The lowest BCUT2D eigenvalue weighted by atomic mass is 9.93. The Labute approximate surface area is 244 Å². The maximum absolute atomic E-state index is 13.7. The predicted molar refractivity (Wildman–Crippen MR) is 156 cm³/mol. The Balaban J connectivity index is 1.31. The second kappa shape index (κ2) is 10.7. The molecule has 226 valence electrons. The first-order chi connectivity index (χ1) is 20.0. The number of aliphatic hydroxyl groups is 1. The molecule has 1 spiro atoms. The summed E-state index contributed by atoms with van der Waals surface area (Å²) in [7, 11) is -3.77. The number of alkyl halides is 2. The number of nitrogens with one attached hydrogen (secondary N) is 1. The fourth-order valence-electron chi connectivity index (χ4n) is 5.75. The highest BCUT2D eigenvalue weighted by atomic mass is 32.2. The number of hydrogen-bond donors (Lipinski definition) is 2. The van der Waals surface area contributed by atoms with E-state index in [-0.39, 0.29) is 31.8 Å². The summed E-state index contributed by atoms with van der Waals surface area (Å²) >= 11 is 0. The fraction of sp³-hybridized carbons (Fsp3) is 0.552. The maximum atomic E-state index is 13.7. The van der Waals surface area contributed by atoms with E-state index in [1.54, 1.807) is 24.3 Å². The predicted octanol–water partition coefficient (Wildman–Crippen LogP) is 4.85. The van der Waals surface area contributed by atoms with E-state index in [4.69, 9.17) is 4.42 Å². The van der Waals surface area contributed by atoms with Gasteiger partial charge in [0.2, 0.25) is 21.8 Å². The number of pyridine rings is 1. The summed E-state index contributed by atoms with van der Waals surface area (Å²) in [6.45, 7) is 4.89. The van der Waals surface area contributed by atoms with Crippen molar-refractivity contribution in [1.82, 2.24) is 15.2 Å². The van der Waals surface area contributed by atoms with Gasteiger partial charge in [0, 0.05) is 50.3 Å². The van der Waals surface area contributed by atoms with Crippen LogP contribution in [0.5, 0.6) is 0 Å². The molecular formula is C29H36F2N6O4S. The summed E-state index contributed by atoms with van der Waals surface area (Å²) in [5.41, 5.74) is 3.66. The van der Waals surface area contributed by atoms with Crippen LogP contribution in [0.1, 0.15) is 51.1 Å². The number of anilines is 3. The van der Waals surface area contributed by atoms with Gasteiger partial charge < -0.3 is 19.3 Å². The van der Waals surface area contributed by atoms with E-state index in [9.17, 15) is 22.3 Å². The number of aryl methyl sites for hydroxylation is 1. The summed E-state index contributed by atoms with van der Waals surface area (Å²) in [4.78, 5) is 8.64. The molecule has 3 fully saturated rings. The van der Waals surface area contributed by atoms with Crippen molar-refractivity contribution in [3.63, 3.8) is 0 Å². The first kappa shape index (κ1) is 28.8. The lowest BCUT2D eigenvalue weighted by molar-refractivity contribution is -0.0221. The van der Waals surface area contributed by atoms with Crippen LogP contribution in [-0.4, -0.2) is 72.7 Å². The minimum Gasteiger partial charge on any atom is -0.416 e. The van der Waals surface area contributed by atoms with Crippen molar-refractivity contribution in [2.75, 3.05) is 47.3 Å². The van der Waals surface area contributed by atoms with Gasteiger partial charge in [-0.05, 0) is 75.3 Å². The lowest BCUT2D eigenvalue weighted by Gasteiger charge is -2.35. The third kappa shape index (κ3) is 5.94. The minimum atomic E-state index is -3.77. The van der Waals surface area contributed by atoms with Crippen molar-refractivity contribution in [1.29, 1.82) is 0 Å². The first-order valence-electron chi connectivity index (χ1n) is 14.4. The maximum Gasteiger partial charge on any atom is 0.251 e. The Kier molecular flexibility index (Phi) is 7.37. The van der Waals surface area contributed by atoms with Crippen LogP contribution in [0.4, 0.5) is 26.0 Å². The van der Waals surface area contributed by atoms with Crippen LogP contribution in [0.3, 0.4) is 0 Å². The molecule has 1 aliphatic carbocycles. The third-order valence-electron chi connectivity index (χ3n) is 8.83. The Morgan fingerprint density at radius 3 is 2.31 bits per heavy atom. The van der Waals surface area contributed by atoms with Gasteiger partial charge in [0.1, 0.15) is 11.1 Å². The Morgan fingerprint density at radius 1 is 0.976 bits per heavy atom. The van der Waals surface area contributed by atoms with Gasteiger partial charge in [0.25, 0.3) is 5.92 Å². The zero-order chi connectivity index (χ0) is 29.7. The Hall–Kier alpha value is -3.32. The van der Waals surface area contributed by atoms with E-state index in [1.807, 2.05) is 17.9 Å². The van der Waals surface area contributed by atoms with Crippen LogP contribution < -0.4 is 14.5 Å². The van der Waals surface area contributed by atoms with Crippen molar-refractivity contribution in [2.24, 2.45) is 5.41 Å². The highest BCUT2D eigenvalue weighted by Crippen LogP contribution is 2.54. The van der Waals surface area contributed by atoms with E-state index in [0.29, 0.717) is 39.6 Å². The summed E-state index contributed by atoms with van der Waals surface area (Å²) in [6, 6.07) is 8.81. The molecule has 0 amide bonds. The number of aromatic nitrogens is 3. The lowest BCUT2D eigenvalue weighted by Crippen LogP contribution is -2.39. The zero-order valence-corrected chi connectivity index (χ0v) is 24.6. The SMILES string of the molecule is Cc1cc(-c2nnc(-c3ccc(NS(=O)(=O)[C@@H](C)CO)cc3N3CCC4(CC3)CC4)o2)cc(N2CCC(F)(F)CC2)n1.